The molecule has 0 aromatic carbocycles. The van der Waals surface area contributed by atoms with E-state index >= 15 is 0 Å². The van der Waals surface area contributed by atoms with Gasteiger partial charge >= 0.3 is 0 Å². The molecule has 0 unspecified atom stereocenters. The molecule has 0 saturated heterocycles. The van der Waals surface area contributed by atoms with Gasteiger partial charge in [-0.2, -0.15) is 0 Å². The van der Waals surface area contributed by atoms with Crippen LogP contribution in [0.2, 0.25) is 0 Å². The van der Waals surface area contributed by atoms with Crippen molar-refractivity contribution in [2.24, 2.45) is 16.6 Å². The van der Waals surface area contributed by atoms with Crippen LogP contribution in [0.5, 0.6) is 0 Å². The first kappa shape index (κ1) is 12.5. The normalized spacial score (nSPS) is 20.6. The van der Waals surface area contributed by atoms with E-state index in [0.29, 0.717) is 5.92 Å². The van der Waals surface area contributed by atoms with Gasteiger partial charge in [0.25, 0.3) is 0 Å². The van der Waals surface area contributed by atoms with Gasteiger partial charge in [-0.25, -0.2) is 0 Å². The molecule has 0 aromatic rings. The molecule has 0 bridgehead atoms. The summed E-state index contributed by atoms with van der Waals surface area (Å²) in [7, 11) is 0. The molecule has 2 heteroatoms. The smallest absolute Gasteiger partial charge is 0.0975 e. The molecule has 0 aromatic heterocycles. The molecule has 0 atom stereocenters. The zero-order valence-corrected chi connectivity index (χ0v) is 10.6. The third-order valence-corrected chi connectivity index (χ3v) is 3.32. The molecule has 0 heterocycles. The van der Waals surface area contributed by atoms with Gasteiger partial charge in [0.2, 0.25) is 0 Å². The van der Waals surface area contributed by atoms with Crippen LogP contribution in [0.15, 0.2) is 4.99 Å². The second-order valence-electron chi connectivity index (χ2n) is 5.43. The Labute approximate surface area is 94.3 Å². The van der Waals surface area contributed by atoms with Crippen molar-refractivity contribution in [1.82, 2.24) is 0 Å². The minimum atomic E-state index is 0.0380. The minimum absolute atomic E-state index is 0.0380. The van der Waals surface area contributed by atoms with Gasteiger partial charge in [-0.1, -0.05) is 32.6 Å². The first-order valence-corrected chi connectivity index (χ1v) is 6.40. The van der Waals surface area contributed by atoms with Crippen molar-refractivity contribution in [2.75, 3.05) is 0 Å². The lowest BCUT2D eigenvalue weighted by molar-refractivity contribution is 0.423. The van der Waals surface area contributed by atoms with Crippen molar-refractivity contribution in [3.05, 3.63) is 0 Å². The van der Waals surface area contributed by atoms with E-state index in [1.54, 1.807) is 0 Å². The highest BCUT2D eigenvalue weighted by Crippen LogP contribution is 2.25. The molecule has 1 aliphatic rings. The Kier molecular flexibility index (Phi) is 4.62. The van der Waals surface area contributed by atoms with Crippen LogP contribution in [0, 0.1) is 5.92 Å². The summed E-state index contributed by atoms with van der Waals surface area (Å²) in [6.45, 7) is 6.58. The molecule has 0 spiro atoms. The highest BCUT2D eigenvalue weighted by atomic mass is 14.9. The molecule has 2 N–H and O–H groups in total. The molecule has 0 aliphatic heterocycles. The fourth-order valence-electron chi connectivity index (χ4n) is 2.51. The quantitative estimate of drug-likeness (QED) is 0.559. The minimum Gasteiger partial charge on any atom is -0.387 e. The van der Waals surface area contributed by atoms with Gasteiger partial charge in [0.05, 0.1) is 11.4 Å². The summed E-state index contributed by atoms with van der Waals surface area (Å²) in [5.41, 5.74) is 6.15. The van der Waals surface area contributed by atoms with Crippen molar-refractivity contribution < 1.29 is 0 Å². The van der Waals surface area contributed by atoms with Gasteiger partial charge in [0.15, 0.2) is 0 Å². The Morgan fingerprint density at radius 1 is 1.27 bits per heavy atom. The number of rotatable bonds is 4. The molecule has 0 amide bonds. The Morgan fingerprint density at radius 3 is 2.40 bits per heavy atom. The lowest BCUT2D eigenvalue weighted by atomic mass is 9.88. The zero-order valence-electron chi connectivity index (χ0n) is 10.6. The summed E-state index contributed by atoms with van der Waals surface area (Å²) in [6, 6.07) is 0. The molecular weight excluding hydrogens is 184 g/mol. The van der Waals surface area contributed by atoms with Crippen LogP contribution in [-0.2, 0) is 0 Å². The number of aliphatic imine (C=N–C) groups is 1. The number of nitrogens with two attached hydrogens (primary N) is 1. The molecule has 1 fully saturated rings. The van der Waals surface area contributed by atoms with Crippen LogP contribution in [0.4, 0.5) is 0 Å². The average molecular weight is 210 g/mol. The van der Waals surface area contributed by atoms with Crippen molar-refractivity contribution >= 4 is 5.84 Å². The molecule has 1 saturated carbocycles. The first-order chi connectivity index (χ1) is 7.05. The summed E-state index contributed by atoms with van der Waals surface area (Å²) in [5, 5.41) is 0. The van der Waals surface area contributed by atoms with Crippen LogP contribution in [0.25, 0.3) is 0 Å². The monoisotopic (exact) mass is 210 g/mol. The molecule has 88 valence electrons. The molecule has 0 radical (unpaired) electrons. The maximum absolute atomic E-state index is 6.11. The summed E-state index contributed by atoms with van der Waals surface area (Å²) in [6.07, 6.45) is 8.83. The van der Waals surface area contributed by atoms with Crippen LogP contribution in [-0.4, -0.2) is 11.4 Å². The highest BCUT2D eigenvalue weighted by molar-refractivity contribution is 5.83. The third kappa shape index (κ3) is 4.23. The largest absolute Gasteiger partial charge is 0.387 e. The van der Waals surface area contributed by atoms with E-state index in [0.717, 1.165) is 12.3 Å². The van der Waals surface area contributed by atoms with Crippen molar-refractivity contribution in [2.45, 2.75) is 71.3 Å². The van der Waals surface area contributed by atoms with E-state index in [9.17, 15) is 0 Å². The number of amidine groups is 1. The molecular formula is C13H26N2. The van der Waals surface area contributed by atoms with Gasteiger partial charge in [-0.3, -0.25) is 4.99 Å². The Morgan fingerprint density at radius 2 is 1.87 bits per heavy atom. The van der Waals surface area contributed by atoms with E-state index in [4.69, 9.17) is 10.7 Å². The molecule has 1 rings (SSSR count). The SMILES string of the molecule is CCCC(C)(C)N=C(N)C1CCCCC1. The van der Waals surface area contributed by atoms with E-state index < -0.39 is 0 Å². The third-order valence-electron chi connectivity index (χ3n) is 3.32. The van der Waals surface area contributed by atoms with Crippen LogP contribution < -0.4 is 5.73 Å². The van der Waals surface area contributed by atoms with E-state index in [1.165, 1.54) is 38.5 Å². The van der Waals surface area contributed by atoms with Gasteiger partial charge in [0.1, 0.15) is 0 Å². The second-order valence-corrected chi connectivity index (χ2v) is 5.43. The summed E-state index contributed by atoms with van der Waals surface area (Å²) >= 11 is 0. The number of nitrogens with zero attached hydrogens (tertiary/aromatic N) is 1. The fraction of sp³-hybridized carbons (Fsp3) is 0.923. The number of hydrogen-bond donors (Lipinski definition) is 1. The van der Waals surface area contributed by atoms with Gasteiger partial charge < -0.3 is 5.73 Å². The molecule has 2 nitrogen and oxygen atoms in total. The van der Waals surface area contributed by atoms with E-state index in [1.807, 2.05) is 0 Å². The van der Waals surface area contributed by atoms with E-state index in [2.05, 4.69) is 20.8 Å². The lowest BCUT2D eigenvalue weighted by Crippen LogP contribution is -2.30. The van der Waals surface area contributed by atoms with Crippen molar-refractivity contribution in [3.63, 3.8) is 0 Å². The predicted octanol–water partition coefficient (Wildman–Crippen LogP) is 3.50. The van der Waals surface area contributed by atoms with Crippen LogP contribution in [0.3, 0.4) is 0 Å². The molecule has 1 aliphatic carbocycles. The second kappa shape index (κ2) is 5.53. The lowest BCUT2D eigenvalue weighted by Gasteiger charge is -2.25. The van der Waals surface area contributed by atoms with Crippen LogP contribution >= 0.6 is 0 Å². The van der Waals surface area contributed by atoms with Gasteiger partial charge in [-0.05, 0) is 33.1 Å². The first-order valence-electron chi connectivity index (χ1n) is 6.40. The average Bonchev–Trinajstić information content (AvgIpc) is 2.18. The highest BCUT2D eigenvalue weighted by Gasteiger charge is 2.21. The van der Waals surface area contributed by atoms with Gasteiger partial charge in [-0.15, -0.1) is 0 Å². The maximum Gasteiger partial charge on any atom is 0.0975 e. The summed E-state index contributed by atoms with van der Waals surface area (Å²) < 4.78 is 0. The fourth-order valence-corrected chi connectivity index (χ4v) is 2.51. The van der Waals surface area contributed by atoms with Crippen molar-refractivity contribution in [1.29, 1.82) is 0 Å². The number of hydrogen-bond acceptors (Lipinski definition) is 1. The van der Waals surface area contributed by atoms with Crippen LogP contribution in [0.1, 0.15) is 65.7 Å². The summed E-state index contributed by atoms with van der Waals surface area (Å²) in [4.78, 5) is 4.72. The van der Waals surface area contributed by atoms with E-state index in [-0.39, 0.29) is 5.54 Å². The molecule has 15 heavy (non-hydrogen) atoms. The van der Waals surface area contributed by atoms with Crippen molar-refractivity contribution in [3.8, 4) is 0 Å². The van der Waals surface area contributed by atoms with Gasteiger partial charge in [0, 0.05) is 5.92 Å². The summed E-state index contributed by atoms with van der Waals surface area (Å²) in [5.74, 6) is 1.48. The topological polar surface area (TPSA) is 38.4 Å². The standard InChI is InChI=1S/C13H26N2/c1-4-10-13(2,3)15-12(14)11-8-6-5-7-9-11/h11H,4-10H2,1-3H3,(H2,14,15). The zero-order chi connectivity index (χ0) is 11.3. The Bertz CT molecular complexity index is 213. The predicted molar refractivity (Wildman–Crippen MR) is 67.2 cm³/mol. The Balaban J connectivity index is 2.56. The Hall–Kier alpha value is -0.530. The maximum atomic E-state index is 6.11.